The molecule has 0 unspecified atom stereocenters. The molecule has 0 radical (unpaired) electrons. The zero-order valence-corrected chi connectivity index (χ0v) is 7.31. The van der Waals surface area contributed by atoms with Crippen LogP contribution in [0, 0.1) is 6.92 Å². The van der Waals surface area contributed by atoms with Gasteiger partial charge in [-0.3, -0.25) is 0 Å². The second-order valence-electron chi connectivity index (χ2n) is 2.82. The number of hydrogen-bond acceptors (Lipinski definition) is 3. The fraction of sp³-hybridized carbons (Fsp3) is 0.111. The molecular weight excluding hydrogens is 164 g/mol. The predicted molar refractivity (Wildman–Crippen MR) is 50.5 cm³/mol. The third-order valence-electron chi connectivity index (χ3n) is 1.71. The number of aromatic nitrogens is 3. The van der Waals surface area contributed by atoms with Crippen molar-refractivity contribution in [1.29, 1.82) is 0 Å². The van der Waals surface area contributed by atoms with Gasteiger partial charge in [-0.15, -0.1) is 0 Å². The molecule has 2 aromatic heterocycles. The molecule has 4 nitrogen and oxygen atoms in total. The fourth-order valence-corrected chi connectivity index (χ4v) is 1.11. The molecule has 2 aromatic rings. The molecule has 0 aliphatic heterocycles. The highest BCUT2D eigenvalue weighted by Crippen LogP contribution is 2.06. The molecule has 4 heteroatoms. The highest BCUT2D eigenvalue weighted by Gasteiger charge is 1.98. The summed E-state index contributed by atoms with van der Waals surface area (Å²) in [7, 11) is 0. The van der Waals surface area contributed by atoms with Crippen LogP contribution in [0.25, 0.3) is 5.82 Å². The minimum Gasteiger partial charge on any atom is -0.384 e. The molecule has 0 fully saturated rings. The molecule has 2 N–H and O–H groups in total. The monoisotopic (exact) mass is 174 g/mol. The summed E-state index contributed by atoms with van der Waals surface area (Å²) in [4.78, 5) is 4.14. The lowest BCUT2D eigenvalue weighted by molar-refractivity contribution is 0.834. The number of rotatable bonds is 1. The van der Waals surface area contributed by atoms with E-state index in [-0.39, 0.29) is 0 Å². The Hall–Kier alpha value is -1.84. The number of aryl methyl sites for hydroxylation is 1. The average Bonchev–Trinajstić information content (AvgIpc) is 2.52. The first-order valence-electron chi connectivity index (χ1n) is 4.01. The molecule has 0 aromatic carbocycles. The topological polar surface area (TPSA) is 56.7 Å². The Kier molecular flexibility index (Phi) is 1.73. The van der Waals surface area contributed by atoms with Gasteiger partial charge in [0.05, 0.1) is 5.69 Å². The summed E-state index contributed by atoms with van der Waals surface area (Å²) >= 11 is 0. The minimum atomic E-state index is 0.505. The van der Waals surface area contributed by atoms with E-state index in [4.69, 9.17) is 5.73 Å². The molecule has 0 saturated heterocycles. The van der Waals surface area contributed by atoms with E-state index in [1.807, 2.05) is 31.3 Å². The molecule has 0 atom stereocenters. The summed E-state index contributed by atoms with van der Waals surface area (Å²) in [6.07, 6.45) is 1.86. The van der Waals surface area contributed by atoms with Crippen molar-refractivity contribution >= 4 is 5.82 Å². The zero-order valence-electron chi connectivity index (χ0n) is 7.31. The molecule has 0 spiro atoms. The van der Waals surface area contributed by atoms with Crippen LogP contribution >= 0.6 is 0 Å². The number of nitrogens with zero attached hydrogens (tertiary/aromatic N) is 3. The van der Waals surface area contributed by atoms with E-state index in [0.29, 0.717) is 5.82 Å². The Morgan fingerprint density at radius 2 is 2.15 bits per heavy atom. The van der Waals surface area contributed by atoms with Crippen molar-refractivity contribution in [1.82, 2.24) is 14.8 Å². The van der Waals surface area contributed by atoms with Crippen LogP contribution in [0.1, 0.15) is 5.69 Å². The second-order valence-corrected chi connectivity index (χ2v) is 2.82. The lowest BCUT2D eigenvalue weighted by Crippen LogP contribution is -2.00. The van der Waals surface area contributed by atoms with Crippen molar-refractivity contribution in [3.8, 4) is 5.82 Å². The quantitative estimate of drug-likeness (QED) is 0.705. The Balaban J connectivity index is 2.46. The van der Waals surface area contributed by atoms with Gasteiger partial charge in [-0.05, 0) is 25.1 Å². The molecule has 0 aliphatic carbocycles. The smallest absolute Gasteiger partial charge is 0.155 e. The van der Waals surface area contributed by atoms with Crippen LogP contribution in [0.4, 0.5) is 5.82 Å². The van der Waals surface area contributed by atoms with E-state index in [2.05, 4.69) is 10.1 Å². The molecule has 66 valence electrons. The van der Waals surface area contributed by atoms with Crippen molar-refractivity contribution in [2.45, 2.75) is 6.92 Å². The van der Waals surface area contributed by atoms with Crippen molar-refractivity contribution < 1.29 is 0 Å². The normalized spacial score (nSPS) is 10.2. The molecule has 2 heterocycles. The Labute approximate surface area is 76.0 Å². The van der Waals surface area contributed by atoms with Crippen LogP contribution in [0.5, 0.6) is 0 Å². The van der Waals surface area contributed by atoms with Crippen LogP contribution in [-0.2, 0) is 0 Å². The summed E-state index contributed by atoms with van der Waals surface area (Å²) in [5.74, 6) is 1.25. The number of nitrogens with two attached hydrogens (primary N) is 1. The van der Waals surface area contributed by atoms with Crippen LogP contribution in [0.15, 0.2) is 30.5 Å². The van der Waals surface area contributed by atoms with Crippen molar-refractivity contribution in [3.05, 3.63) is 36.2 Å². The van der Waals surface area contributed by atoms with Gasteiger partial charge in [0, 0.05) is 6.20 Å². The van der Waals surface area contributed by atoms with Gasteiger partial charge >= 0.3 is 0 Å². The molecule has 2 rings (SSSR count). The van der Waals surface area contributed by atoms with E-state index in [1.54, 1.807) is 10.7 Å². The summed E-state index contributed by atoms with van der Waals surface area (Å²) in [6.45, 7) is 1.93. The van der Waals surface area contributed by atoms with Gasteiger partial charge in [0.2, 0.25) is 0 Å². The van der Waals surface area contributed by atoms with Crippen molar-refractivity contribution in [3.63, 3.8) is 0 Å². The number of anilines is 1. The van der Waals surface area contributed by atoms with Crippen molar-refractivity contribution in [2.24, 2.45) is 0 Å². The molecule has 0 bridgehead atoms. The SMILES string of the molecule is Cc1ccn(-c2cccc(N)n2)n1. The maximum absolute atomic E-state index is 5.55. The van der Waals surface area contributed by atoms with E-state index in [1.165, 1.54) is 0 Å². The number of nitrogen functional groups attached to an aromatic ring is 1. The van der Waals surface area contributed by atoms with Crippen LogP contribution < -0.4 is 5.73 Å². The first-order valence-corrected chi connectivity index (χ1v) is 4.01. The van der Waals surface area contributed by atoms with E-state index in [0.717, 1.165) is 11.5 Å². The third-order valence-corrected chi connectivity index (χ3v) is 1.71. The van der Waals surface area contributed by atoms with Crippen LogP contribution in [0.2, 0.25) is 0 Å². The van der Waals surface area contributed by atoms with Crippen LogP contribution in [0.3, 0.4) is 0 Å². The molecule has 13 heavy (non-hydrogen) atoms. The molecule has 0 aliphatic rings. The number of pyridine rings is 1. The summed E-state index contributed by atoms with van der Waals surface area (Å²) in [5.41, 5.74) is 6.51. The van der Waals surface area contributed by atoms with Gasteiger partial charge in [0.15, 0.2) is 5.82 Å². The Morgan fingerprint density at radius 1 is 1.31 bits per heavy atom. The standard InChI is InChI=1S/C9H10N4/c1-7-5-6-13(12-7)9-4-2-3-8(10)11-9/h2-6H,1H3,(H2,10,11). The molecule has 0 saturated carbocycles. The second kappa shape index (κ2) is 2.90. The van der Waals surface area contributed by atoms with Crippen LogP contribution in [-0.4, -0.2) is 14.8 Å². The van der Waals surface area contributed by atoms with Gasteiger partial charge in [-0.2, -0.15) is 5.10 Å². The maximum Gasteiger partial charge on any atom is 0.155 e. The summed E-state index contributed by atoms with van der Waals surface area (Å²) < 4.78 is 1.70. The lowest BCUT2D eigenvalue weighted by Gasteiger charge is -1.99. The van der Waals surface area contributed by atoms with Gasteiger partial charge < -0.3 is 5.73 Å². The van der Waals surface area contributed by atoms with Gasteiger partial charge in [-0.25, -0.2) is 9.67 Å². The largest absolute Gasteiger partial charge is 0.384 e. The maximum atomic E-state index is 5.55. The average molecular weight is 174 g/mol. The molecular formula is C9H10N4. The third kappa shape index (κ3) is 1.51. The molecule has 0 amide bonds. The zero-order chi connectivity index (χ0) is 9.26. The fourth-order valence-electron chi connectivity index (χ4n) is 1.11. The lowest BCUT2D eigenvalue weighted by atomic mass is 10.4. The highest BCUT2D eigenvalue weighted by molar-refractivity contribution is 5.34. The summed E-state index contributed by atoms with van der Waals surface area (Å²) in [5, 5.41) is 4.22. The van der Waals surface area contributed by atoms with Gasteiger partial charge in [0.1, 0.15) is 5.82 Å². The van der Waals surface area contributed by atoms with E-state index < -0.39 is 0 Å². The van der Waals surface area contributed by atoms with Gasteiger partial charge in [-0.1, -0.05) is 6.07 Å². The van der Waals surface area contributed by atoms with Gasteiger partial charge in [0.25, 0.3) is 0 Å². The first kappa shape index (κ1) is 7.79. The summed E-state index contributed by atoms with van der Waals surface area (Å²) in [6, 6.07) is 7.39. The highest BCUT2D eigenvalue weighted by atomic mass is 15.3. The first-order chi connectivity index (χ1) is 6.25. The van der Waals surface area contributed by atoms with E-state index in [9.17, 15) is 0 Å². The number of hydrogen-bond donors (Lipinski definition) is 1. The minimum absolute atomic E-state index is 0.505. The Morgan fingerprint density at radius 3 is 2.77 bits per heavy atom. The van der Waals surface area contributed by atoms with Crippen molar-refractivity contribution in [2.75, 3.05) is 5.73 Å². The predicted octanol–water partition coefficient (Wildman–Crippen LogP) is 1.16. The Bertz CT molecular complexity index is 419. The van der Waals surface area contributed by atoms with E-state index >= 15 is 0 Å².